The van der Waals surface area contributed by atoms with Crippen molar-refractivity contribution < 1.29 is 9.90 Å². The van der Waals surface area contributed by atoms with Gasteiger partial charge in [0.25, 0.3) is 0 Å². The predicted molar refractivity (Wildman–Crippen MR) is 70.1 cm³/mol. The van der Waals surface area contributed by atoms with Crippen LogP contribution < -0.4 is 4.90 Å². The van der Waals surface area contributed by atoms with Crippen LogP contribution in [0.2, 0.25) is 0 Å². The molecule has 0 bridgehead atoms. The number of anilines is 1. The smallest absolute Gasteiger partial charge is 0.336 e. The predicted octanol–water partition coefficient (Wildman–Crippen LogP) is 2.53. The molecule has 1 aliphatic heterocycles. The van der Waals surface area contributed by atoms with E-state index in [1.54, 1.807) is 18.3 Å². The van der Waals surface area contributed by atoms with Crippen molar-refractivity contribution in [2.45, 2.75) is 12.8 Å². The molecule has 1 N–H and O–H groups in total. The van der Waals surface area contributed by atoms with Gasteiger partial charge >= 0.3 is 5.97 Å². The van der Waals surface area contributed by atoms with Crippen LogP contribution in [0, 0.1) is 0 Å². The zero-order valence-electron chi connectivity index (χ0n) is 9.97. The number of nitrogens with zero attached hydrogens (tertiary/aromatic N) is 2. The molecule has 0 amide bonds. The molecule has 0 saturated carbocycles. The first-order chi connectivity index (χ1) is 8.77. The molecule has 1 aromatic heterocycles. The third-order valence-electron chi connectivity index (χ3n) is 3.43. The molecule has 4 heteroatoms. The lowest BCUT2D eigenvalue weighted by Gasteiger charge is -2.19. The molecule has 4 nitrogen and oxygen atoms in total. The zero-order chi connectivity index (χ0) is 12.5. The molecule has 0 spiro atoms. The molecule has 1 saturated heterocycles. The van der Waals surface area contributed by atoms with Crippen LogP contribution in [0.3, 0.4) is 0 Å². The molecule has 0 radical (unpaired) electrons. The largest absolute Gasteiger partial charge is 0.478 e. The molecule has 1 aliphatic rings. The molecule has 0 aliphatic carbocycles. The standard InChI is InChI=1S/C14H14N2O2/c17-14(18)11-5-6-12(16-8-1-2-9-16)13-10(11)4-3-7-15-13/h3-7H,1-2,8-9H2,(H,17,18). The van der Waals surface area contributed by atoms with E-state index in [2.05, 4.69) is 9.88 Å². The number of hydrogen-bond donors (Lipinski definition) is 1. The van der Waals surface area contributed by atoms with Gasteiger partial charge in [-0.3, -0.25) is 4.98 Å². The van der Waals surface area contributed by atoms with Gasteiger partial charge in [-0.1, -0.05) is 6.07 Å². The van der Waals surface area contributed by atoms with Gasteiger partial charge in [-0.05, 0) is 31.0 Å². The Hall–Kier alpha value is -2.10. The maximum Gasteiger partial charge on any atom is 0.336 e. The molecule has 3 rings (SSSR count). The summed E-state index contributed by atoms with van der Waals surface area (Å²) >= 11 is 0. The minimum absolute atomic E-state index is 0.320. The van der Waals surface area contributed by atoms with Crippen molar-refractivity contribution in [2.75, 3.05) is 18.0 Å². The van der Waals surface area contributed by atoms with Crippen molar-refractivity contribution >= 4 is 22.6 Å². The first-order valence-electron chi connectivity index (χ1n) is 6.13. The van der Waals surface area contributed by atoms with Gasteiger partial charge in [0, 0.05) is 24.7 Å². The highest BCUT2D eigenvalue weighted by Gasteiger charge is 2.18. The van der Waals surface area contributed by atoms with Crippen molar-refractivity contribution in [3.63, 3.8) is 0 Å². The first kappa shape index (κ1) is 11.0. The summed E-state index contributed by atoms with van der Waals surface area (Å²) in [4.78, 5) is 17.8. The Bertz CT molecular complexity index is 604. The van der Waals surface area contributed by atoms with Gasteiger partial charge in [0.2, 0.25) is 0 Å². The maximum atomic E-state index is 11.2. The van der Waals surface area contributed by atoms with E-state index in [1.807, 2.05) is 12.1 Å². The monoisotopic (exact) mass is 242 g/mol. The van der Waals surface area contributed by atoms with E-state index >= 15 is 0 Å². The molecule has 18 heavy (non-hydrogen) atoms. The maximum absolute atomic E-state index is 11.2. The number of fused-ring (bicyclic) bond motifs is 1. The SMILES string of the molecule is O=C(O)c1ccc(N2CCCC2)c2ncccc12. The molecule has 2 aromatic rings. The van der Waals surface area contributed by atoms with Gasteiger partial charge in [0.1, 0.15) is 0 Å². The first-order valence-corrected chi connectivity index (χ1v) is 6.13. The Morgan fingerprint density at radius 3 is 2.72 bits per heavy atom. The summed E-state index contributed by atoms with van der Waals surface area (Å²) < 4.78 is 0. The summed E-state index contributed by atoms with van der Waals surface area (Å²) in [6, 6.07) is 7.16. The number of benzene rings is 1. The lowest BCUT2D eigenvalue weighted by Crippen LogP contribution is -2.18. The molecule has 1 aromatic carbocycles. The number of carbonyl (C=O) groups is 1. The van der Waals surface area contributed by atoms with Crippen molar-refractivity contribution in [2.24, 2.45) is 0 Å². The zero-order valence-corrected chi connectivity index (χ0v) is 9.97. The quantitative estimate of drug-likeness (QED) is 0.879. The number of aromatic nitrogens is 1. The molecule has 0 atom stereocenters. The molecule has 1 fully saturated rings. The number of pyridine rings is 1. The van der Waals surface area contributed by atoms with Crippen LogP contribution in [0.1, 0.15) is 23.2 Å². The Morgan fingerprint density at radius 1 is 1.22 bits per heavy atom. The van der Waals surface area contributed by atoms with Crippen molar-refractivity contribution in [1.82, 2.24) is 4.98 Å². The van der Waals surface area contributed by atoms with Gasteiger partial charge in [0.15, 0.2) is 0 Å². The number of aromatic carboxylic acids is 1. The summed E-state index contributed by atoms with van der Waals surface area (Å²) in [5.41, 5.74) is 2.16. The summed E-state index contributed by atoms with van der Waals surface area (Å²) in [5.74, 6) is -0.902. The molecule has 0 unspecified atom stereocenters. The lowest BCUT2D eigenvalue weighted by molar-refractivity contribution is 0.0699. The minimum atomic E-state index is -0.902. The normalized spacial score (nSPS) is 15.2. The molecule has 92 valence electrons. The highest BCUT2D eigenvalue weighted by atomic mass is 16.4. The number of hydrogen-bond acceptors (Lipinski definition) is 3. The fourth-order valence-electron chi connectivity index (χ4n) is 2.56. The highest BCUT2D eigenvalue weighted by Crippen LogP contribution is 2.30. The highest BCUT2D eigenvalue weighted by molar-refractivity contribution is 6.06. The average Bonchev–Trinajstić information content (AvgIpc) is 2.91. The third-order valence-corrected chi connectivity index (χ3v) is 3.43. The Balaban J connectivity index is 2.22. The third kappa shape index (κ3) is 1.70. The minimum Gasteiger partial charge on any atom is -0.478 e. The van der Waals surface area contributed by atoms with E-state index in [-0.39, 0.29) is 0 Å². The summed E-state index contributed by atoms with van der Waals surface area (Å²) in [6.07, 6.45) is 4.09. The number of rotatable bonds is 2. The summed E-state index contributed by atoms with van der Waals surface area (Å²) in [6.45, 7) is 2.05. The van der Waals surface area contributed by atoms with Gasteiger partial charge in [-0.25, -0.2) is 4.79 Å². The number of carboxylic acids is 1. The van der Waals surface area contributed by atoms with Crippen LogP contribution in [0.4, 0.5) is 5.69 Å². The topological polar surface area (TPSA) is 53.4 Å². The fourth-order valence-corrected chi connectivity index (χ4v) is 2.56. The van der Waals surface area contributed by atoms with E-state index in [9.17, 15) is 9.90 Å². The second kappa shape index (κ2) is 4.29. The fraction of sp³-hybridized carbons (Fsp3) is 0.286. The second-order valence-corrected chi connectivity index (χ2v) is 4.53. The Morgan fingerprint density at radius 2 is 2.00 bits per heavy atom. The molecular formula is C14H14N2O2. The van der Waals surface area contributed by atoms with E-state index < -0.39 is 5.97 Å². The van der Waals surface area contributed by atoms with Crippen LogP contribution in [0.25, 0.3) is 10.9 Å². The molecule has 2 heterocycles. The van der Waals surface area contributed by atoms with Crippen molar-refractivity contribution in [1.29, 1.82) is 0 Å². The van der Waals surface area contributed by atoms with Crippen LogP contribution in [0.5, 0.6) is 0 Å². The van der Waals surface area contributed by atoms with E-state index in [0.29, 0.717) is 5.56 Å². The van der Waals surface area contributed by atoms with E-state index in [4.69, 9.17) is 0 Å². The number of carboxylic acid groups (broad SMARTS) is 1. The Kier molecular flexibility index (Phi) is 2.63. The van der Waals surface area contributed by atoms with Crippen molar-refractivity contribution in [3.05, 3.63) is 36.0 Å². The van der Waals surface area contributed by atoms with Gasteiger partial charge in [-0.15, -0.1) is 0 Å². The van der Waals surface area contributed by atoms with Gasteiger partial charge < -0.3 is 10.0 Å². The summed E-state index contributed by atoms with van der Waals surface area (Å²) in [5, 5.41) is 9.91. The van der Waals surface area contributed by atoms with Crippen molar-refractivity contribution in [3.8, 4) is 0 Å². The average molecular weight is 242 g/mol. The van der Waals surface area contributed by atoms with Crippen LogP contribution in [0.15, 0.2) is 30.5 Å². The van der Waals surface area contributed by atoms with Crippen LogP contribution in [-0.2, 0) is 0 Å². The van der Waals surface area contributed by atoms with Gasteiger partial charge in [0.05, 0.1) is 16.8 Å². The van der Waals surface area contributed by atoms with Crippen LogP contribution >= 0.6 is 0 Å². The van der Waals surface area contributed by atoms with Gasteiger partial charge in [-0.2, -0.15) is 0 Å². The van der Waals surface area contributed by atoms with E-state index in [1.165, 1.54) is 12.8 Å². The molecular weight excluding hydrogens is 228 g/mol. The summed E-state index contributed by atoms with van der Waals surface area (Å²) in [7, 11) is 0. The Labute approximate surface area is 105 Å². The second-order valence-electron chi connectivity index (χ2n) is 4.53. The lowest BCUT2D eigenvalue weighted by atomic mass is 10.1. The van der Waals surface area contributed by atoms with E-state index in [0.717, 1.165) is 29.7 Å². The van der Waals surface area contributed by atoms with Crippen LogP contribution in [-0.4, -0.2) is 29.1 Å².